The molecule has 2 N–H and O–H groups in total. The van der Waals surface area contributed by atoms with Crippen molar-refractivity contribution in [1.82, 2.24) is 5.32 Å². The molecule has 0 unspecified atom stereocenters. The number of nitrogens with zero attached hydrogens (tertiary/aromatic N) is 1. The van der Waals surface area contributed by atoms with Gasteiger partial charge in [-0.15, -0.1) is 0 Å². The third-order valence-corrected chi connectivity index (χ3v) is 3.61. The van der Waals surface area contributed by atoms with E-state index in [9.17, 15) is 13.2 Å². The highest BCUT2D eigenvalue weighted by Gasteiger charge is 2.33. The van der Waals surface area contributed by atoms with Gasteiger partial charge in [0.05, 0.1) is 17.2 Å². The quantitative estimate of drug-likeness (QED) is 0.815. The van der Waals surface area contributed by atoms with Crippen LogP contribution in [0, 0.1) is 11.3 Å². The summed E-state index contributed by atoms with van der Waals surface area (Å²) in [6, 6.07) is 5.29. The Labute approximate surface area is 126 Å². The van der Waals surface area contributed by atoms with Crippen LogP contribution in [0.5, 0.6) is 0 Å². The van der Waals surface area contributed by atoms with Crippen LogP contribution in [0.15, 0.2) is 18.2 Å². The molecule has 1 aromatic rings. The molecule has 1 aliphatic rings. The van der Waals surface area contributed by atoms with Crippen molar-refractivity contribution in [2.45, 2.75) is 37.9 Å². The first kappa shape index (κ1) is 15.6. The Morgan fingerprint density at radius 2 is 1.95 bits per heavy atom. The Balaban J connectivity index is 2.10. The SMILES string of the molecule is N#Cc1ccc(NC(=S)NC2CCCC2)cc1C(F)(F)F. The molecular formula is C14H14F3N3S. The zero-order chi connectivity index (χ0) is 15.5. The van der Waals surface area contributed by atoms with Crippen molar-refractivity contribution >= 4 is 23.0 Å². The fraction of sp³-hybridized carbons (Fsp3) is 0.429. The minimum Gasteiger partial charge on any atom is -0.360 e. The molecule has 112 valence electrons. The van der Waals surface area contributed by atoms with Gasteiger partial charge in [0.2, 0.25) is 0 Å². The van der Waals surface area contributed by atoms with Crippen molar-refractivity contribution in [3.05, 3.63) is 29.3 Å². The lowest BCUT2D eigenvalue weighted by molar-refractivity contribution is -0.137. The monoisotopic (exact) mass is 313 g/mol. The maximum absolute atomic E-state index is 12.9. The summed E-state index contributed by atoms with van der Waals surface area (Å²) >= 11 is 5.10. The highest BCUT2D eigenvalue weighted by Crippen LogP contribution is 2.33. The molecule has 3 nitrogen and oxygen atoms in total. The Kier molecular flexibility index (Phi) is 4.68. The van der Waals surface area contributed by atoms with E-state index in [1.54, 1.807) is 6.07 Å². The van der Waals surface area contributed by atoms with Crippen molar-refractivity contribution < 1.29 is 13.2 Å². The molecule has 0 heterocycles. The van der Waals surface area contributed by atoms with Gasteiger partial charge in [-0.2, -0.15) is 18.4 Å². The minimum absolute atomic E-state index is 0.219. The minimum atomic E-state index is -4.57. The van der Waals surface area contributed by atoms with Crippen LogP contribution in [0.4, 0.5) is 18.9 Å². The topological polar surface area (TPSA) is 47.9 Å². The van der Waals surface area contributed by atoms with E-state index in [-0.39, 0.29) is 11.7 Å². The van der Waals surface area contributed by atoms with E-state index in [1.807, 2.05) is 0 Å². The third kappa shape index (κ3) is 4.08. The number of alkyl halides is 3. The average Bonchev–Trinajstić information content (AvgIpc) is 2.90. The number of hydrogen-bond acceptors (Lipinski definition) is 2. The van der Waals surface area contributed by atoms with Gasteiger partial charge >= 0.3 is 6.18 Å². The predicted molar refractivity (Wildman–Crippen MR) is 77.8 cm³/mol. The Morgan fingerprint density at radius 3 is 2.52 bits per heavy atom. The number of rotatable bonds is 2. The molecule has 0 atom stereocenters. The predicted octanol–water partition coefficient (Wildman–Crippen LogP) is 3.81. The molecule has 21 heavy (non-hydrogen) atoms. The van der Waals surface area contributed by atoms with Crippen LogP contribution in [-0.2, 0) is 6.18 Å². The molecule has 1 aliphatic carbocycles. The van der Waals surface area contributed by atoms with Gasteiger partial charge in [-0.1, -0.05) is 12.8 Å². The lowest BCUT2D eigenvalue weighted by Crippen LogP contribution is -2.35. The number of benzene rings is 1. The van der Waals surface area contributed by atoms with Crippen LogP contribution in [-0.4, -0.2) is 11.2 Å². The van der Waals surface area contributed by atoms with Gasteiger partial charge in [0.25, 0.3) is 0 Å². The molecule has 2 rings (SSSR count). The van der Waals surface area contributed by atoms with E-state index in [0.29, 0.717) is 5.11 Å². The van der Waals surface area contributed by atoms with Gasteiger partial charge in [-0.25, -0.2) is 0 Å². The number of hydrogen-bond donors (Lipinski definition) is 2. The maximum Gasteiger partial charge on any atom is 0.417 e. The standard InChI is InChI=1S/C14H14F3N3S/c15-14(16,17)12-7-11(6-5-9(12)8-18)20-13(21)19-10-3-1-2-4-10/h5-7,10H,1-4H2,(H2,19,20,21). The normalized spacial score (nSPS) is 15.5. The second-order valence-electron chi connectivity index (χ2n) is 4.95. The number of thiocarbonyl (C=S) groups is 1. The summed E-state index contributed by atoms with van der Waals surface area (Å²) < 4.78 is 38.6. The van der Waals surface area contributed by atoms with Crippen molar-refractivity contribution in [3.8, 4) is 6.07 Å². The first-order valence-electron chi connectivity index (χ1n) is 6.59. The molecular weight excluding hydrogens is 299 g/mol. The van der Waals surface area contributed by atoms with Crippen LogP contribution < -0.4 is 10.6 Å². The second kappa shape index (κ2) is 6.31. The van der Waals surface area contributed by atoms with Gasteiger partial charge in [-0.3, -0.25) is 0 Å². The van der Waals surface area contributed by atoms with Gasteiger partial charge < -0.3 is 10.6 Å². The van der Waals surface area contributed by atoms with Crippen molar-refractivity contribution in [2.24, 2.45) is 0 Å². The lowest BCUT2D eigenvalue weighted by Gasteiger charge is -2.17. The smallest absolute Gasteiger partial charge is 0.360 e. The summed E-state index contributed by atoms with van der Waals surface area (Å²) in [4.78, 5) is 0. The summed E-state index contributed by atoms with van der Waals surface area (Å²) in [6.45, 7) is 0. The highest BCUT2D eigenvalue weighted by atomic mass is 32.1. The summed E-state index contributed by atoms with van der Waals surface area (Å²) in [5.41, 5.74) is -1.14. The molecule has 0 radical (unpaired) electrons. The number of nitrogens with one attached hydrogen (secondary N) is 2. The van der Waals surface area contributed by atoms with E-state index < -0.39 is 17.3 Å². The van der Waals surface area contributed by atoms with E-state index in [2.05, 4.69) is 10.6 Å². The molecule has 0 saturated heterocycles. The Hall–Kier alpha value is -1.81. The first-order valence-corrected chi connectivity index (χ1v) is 7.00. The number of nitriles is 1. The first-order chi connectivity index (χ1) is 9.90. The van der Waals surface area contributed by atoms with Crippen molar-refractivity contribution in [1.29, 1.82) is 5.26 Å². The van der Waals surface area contributed by atoms with Crippen LogP contribution in [0.25, 0.3) is 0 Å². The van der Waals surface area contributed by atoms with E-state index in [0.717, 1.165) is 37.8 Å². The molecule has 0 aliphatic heterocycles. The van der Waals surface area contributed by atoms with E-state index in [1.165, 1.54) is 6.07 Å². The maximum atomic E-state index is 12.9. The largest absolute Gasteiger partial charge is 0.417 e. The molecule has 7 heteroatoms. The third-order valence-electron chi connectivity index (χ3n) is 3.39. The Bertz CT molecular complexity index is 572. The lowest BCUT2D eigenvalue weighted by atomic mass is 10.1. The van der Waals surface area contributed by atoms with Crippen LogP contribution >= 0.6 is 12.2 Å². The fourth-order valence-corrected chi connectivity index (χ4v) is 2.66. The van der Waals surface area contributed by atoms with E-state index in [4.69, 9.17) is 17.5 Å². The molecule has 1 fully saturated rings. The average molecular weight is 313 g/mol. The van der Waals surface area contributed by atoms with Crippen molar-refractivity contribution in [3.63, 3.8) is 0 Å². The van der Waals surface area contributed by atoms with Crippen LogP contribution in [0.1, 0.15) is 36.8 Å². The second-order valence-corrected chi connectivity index (χ2v) is 5.36. The summed E-state index contributed by atoms with van der Waals surface area (Å²) in [6.07, 6.45) is -0.264. The number of halogens is 3. The molecule has 0 aromatic heterocycles. The van der Waals surface area contributed by atoms with Crippen molar-refractivity contribution in [2.75, 3.05) is 5.32 Å². The summed E-state index contributed by atoms with van der Waals surface area (Å²) in [7, 11) is 0. The zero-order valence-electron chi connectivity index (χ0n) is 11.1. The molecule has 1 saturated carbocycles. The summed E-state index contributed by atoms with van der Waals surface area (Å²) in [5.74, 6) is 0. The fourth-order valence-electron chi connectivity index (χ4n) is 2.38. The number of anilines is 1. The molecule has 1 aromatic carbocycles. The van der Waals surface area contributed by atoms with Gasteiger partial charge in [-0.05, 0) is 43.3 Å². The van der Waals surface area contributed by atoms with Gasteiger partial charge in [0.15, 0.2) is 5.11 Å². The molecule has 0 amide bonds. The van der Waals surface area contributed by atoms with Gasteiger partial charge in [0.1, 0.15) is 0 Å². The summed E-state index contributed by atoms with van der Waals surface area (Å²) in [5, 5.41) is 14.9. The van der Waals surface area contributed by atoms with Crippen LogP contribution in [0.2, 0.25) is 0 Å². The highest BCUT2D eigenvalue weighted by molar-refractivity contribution is 7.80. The molecule has 0 bridgehead atoms. The Morgan fingerprint density at radius 1 is 1.29 bits per heavy atom. The van der Waals surface area contributed by atoms with Crippen LogP contribution in [0.3, 0.4) is 0 Å². The molecule has 0 spiro atoms. The zero-order valence-corrected chi connectivity index (χ0v) is 11.9. The van der Waals surface area contributed by atoms with Gasteiger partial charge in [0, 0.05) is 11.7 Å². The van der Waals surface area contributed by atoms with E-state index >= 15 is 0 Å².